The summed E-state index contributed by atoms with van der Waals surface area (Å²) in [5.41, 5.74) is 0. The van der Waals surface area contributed by atoms with Gasteiger partial charge in [-0.3, -0.25) is 0 Å². The highest BCUT2D eigenvalue weighted by Crippen LogP contribution is 2.48. The van der Waals surface area contributed by atoms with Gasteiger partial charge in [-0.05, 0) is 43.9 Å². The third-order valence-electron chi connectivity index (χ3n) is 3.83. The fourth-order valence-electron chi connectivity index (χ4n) is 3.03. The Hall–Kier alpha value is -0.340. The SMILES string of the molecule is CCOC[C@@H]1[C@H](COCC)[C@H]2C=C[C@H]1C2. The van der Waals surface area contributed by atoms with Crippen LogP contribution in [0.15, 0.2) is 12.2 Å². The molecular formula is C13H22O2. The first kappa shape index (κ1) is 11.2. The molecule has 1 fully saturated rings. The van der Waals surface area contributed by atoms with Crippen molar-refractivity contribution in [1.82, 2.24) is 0 Å². The number of rotatable bonds is 6. The Morgan fingerprint density at radius 3 is 1.80 bits per heavy atom. The zero-order valence-corrected chi connectivity index (χ0v) is 9.82. The first-order valence-corrected chi connectivity index (χ1v) is 6.20. The molecule has 2 heteroatoms. The lowest BCUT2D eigenvalue weighted by Gasteiger charge is -2.27. The van der Waals surface area contributed by atoms with Gasteiger partial charge in [0.25, 0.3) is 0 Å². The zero-order chi connectivity index (χ0) is 10.7. The summed E-state index contributed by atoms with van der Waals surface area (Å²) in [6, 6.07) is 0. The lowest BCUT2D eigenvalue weighted by atomic mass is 9.84. The molecule has 0 aromatic rings. The molecule has 2 aliphatic carbocycles. The highest BCUT2D eigenvalue weighted by Gasteiger charge is 2.44. The Bertz CT molecular complexity index is 203. The molecule has 2 bridgehead atoms. The van der Waals surface area contributed by atoms with Gasteiger partial charge in [-0.2, -0.15) is 0 Å². The molecule has 0 aromatic heterocycles. The first-order chi connectivity index (χ1) is 7.36. The zero-order valence-electron chi connectivity index (χ0n) is 9.82. The number of hydrogen-bond acceptors (Lipinski definition) is 2. The van der Waals surface area contributed by atoms with E-state index in [9.17, 15) is 0 Å². The number of ether oxygens (including phenoxy) is 2. The minimum atomic E-state index is 0.700. The van der Waals surface area contributed by atoms with Crippen molar-refractivity contribution in [3.05, 3.63) is 12.2 Å². The van der Waals surface area contributed by atoms with E-state index in [0.717, 1.165) is 38.3 Å². The van der Waals surface area contributed by atoms with Crippen LogP contribution in [0.2, 0.25) is 0 Å². The van der Waals surface area contributed by atoms with Gasteiger partial charge in [0.05, 0.1) is 13.2 Å². The van der Waals surface area contributed by atoms with Gasteiger partial charge < -0.3 is 9.47 Å². The highest BCUT2D eigenvalue weighted by atomic mass is 16.5. The largest absolute Gasteiger partial charge is 0.381 e. The van der Waals surface area contributed by atoms with Gasteiger partial charge in [0, 0.05) is 13.2 Å². The molecule has 4 atom stereocenters. The van der Waals surface area contributed by atoms with Gasteiger partial charge in [0.1, 0.15) is 0 Å². The Kier molecular flexibility index (Phi) is 3.81. The molecule has 0 radical (unpaired) electrons. The van der Waals surface area contributed by atoms with Gasteiger partial charge in [-0.25, -0.2) is 0 Å². The van der Waals surface area contributed by atoms with Crippen LogP contribution in [0.4, 0.5) is 0 Å². The second-order valence-corrected chi connectivity index (χ2v) is 4.59. The molecule has 0 N–H and O–H groups in total. The maximum atomic E-state index is 5.59. The van der Waals surface area contributed by atoms with E-state index in [4.69, 9.17) is 9.47 Å². The van der Waals surface area contributed by atoms with Crippen molar-refractivity contribution in [3.63, 3.8) is 0 Å². The van der Waals surface area contributed by atoms with Crippen LogP contribution in [0.25, 0.3) is 0 Å². The summed E-state index contributed by atoms with van der Waals surface area (Å²) >= 11 is 0. The summed E-state index contributed by atoms with van der Waals surface area (Å²) < 4.78 is 11.2. The van der Waals surface area contributed by atoms with Crippen LogP contribution >= 0.6 is 0 Å². The van der Waals surface area contributed by atoms with Crippen LogP contribution in [-0.4, -0.2) is 26.4 Å². The van der Waals surface area contributed by atoms with E-state index in [-0.39, 0.29) is 0 Å². The van der Waals surface area contributed by atoms with Crippen molar-refractivity contribution in [3.8, 4) is 0 Å². The van der Waals surface area contributed by atoms with E-state index in [1.807, 2.05) is 0 Å². The molecule has 0 spiro atoms. The molecule has 0 saturated heterocycles. The standard InChI is InChI=1S/C13H22O2/c1-3-14-8-12-10-5-6-11(7-10)13(12)9-15-4-2/h5-6,10-13H,3-4,7-9H2,1-2H3/t10-,11-,12-,13+/m0/s1. The van der Waals surface area contributed by atoms with Crippen LogP contribution < -0.4 is 0 Å². The van der Waals surface area contributed by atoms with Crippen LogP contribution in [0, 0.1) is 23.7 Å². The minimum Gasteiger partial charge on any atom is -0.381 e. The van der Waals surface area contributed by atoms with Crippen LogP contribution in [0.1, 0.15) is 20.3 Å². The van der Waals surface area contributed by atoms with Crippen LogP contribution in [-0.2, 0) is 9.47 Å². The van der Waals surface area contributed by atoms with Crippen molar-refractivity contribution in [1.29, 1.82) is 0 Å². The Balaban J connectivity index is 1.91. The third-order valence-corrected chi connectivity index (χ3v) is 3.83. The molecule has 15 heavy (non-hydrogen) atoms. The normalized spacial score (nSPS) is 37.7. The summed E-state index contributed by atoms with van der Waals surface area (Å²) in [6.07, 6.45) is 6.10. The van der Waals surface area contributed by atoms with Crippen molar-refractivity contribution in [2.24, 2.45) is 23.7 Å². The van der Waals surface area contributed by atoms with Gasteiger partial charge in [-0.15, -0.1) is 0 Å². The van der Waals surface area contributed by atoms with Crippen LogP contribution in [0.5, 0.6) is 0 Å². The predicted molar refractivity (Wildman–Crippen MR) is 60.7 cm³/mol. The third kappa shape index (κ3) is 2.26. The average molecular weight is 210 g/mol. The van der Waals surface area contributed by atoms with Gasteiger partial charge in [0.2, 0.25) is 0 Å². The van der Waals surface area contributed by atoms with Crippen molar-refractivity contribution >= 4 is 0 Å². The molecule has 2 nitrogen and oxygen atoms in total. The quantitative estimate of drug-likeness (QED) is 0.627. The van der Waals surface area contributed by atoms with E-state index in [2.05, 4.69) is 26.0 Å². The van der Waals surface area contributed by atoms with E-state index >= 15 is 0 Å². The molecule has 86 valence electrons. The maximum Gasteiger partial charge on any atom is 0.0503 e. The fraction of sp³-hybridized carbons (Fsp3) is 0.846. The van der Waals surface area contributed by atoms with Gasteiger partial charge in [-0.1, -0.05) is 12.2 Å². The van der Waals surface area contributed by atoms with E-state index in [0.29, 0.717) is 11.8 Å². The molecular weight excluding hydrogens is 188 g/mol. The summed E-state index contributed by atoms with van der Waals surface area (Å²) in [7, 11) is 0. The number of allylic oxidation sites excluding steroid dienone is 2. The average Bonchev–Trinajstić information content (AvgIpc) is 2.83. The molecule has 0 aromatic carbocycles. The smallest absolute Gasteiger partial charge is 0.0503 e. The van der Waals surface area contributed by atoms with Crippen molar-refractivity contribution < 1.29 is 9.47 Å². The molecule has 2 rings (SSSR count). The molecule has 1 saturated carbocycles. The van der Waals surface area contributed by atoms with E-state index in [1.165, 1.54) is 6.42 Å². The lowest BCUT2D eigenvalue weighted by Crippen LogP contribution is -2.28. The fourth-order valence-corrected chi connectivity index (χ4v) is 3.03. The second kappa shape index (κ2) is 5.13. The summed E-state index contributed by atoms with van der Waals surface area (Å²) in [5.74, 6) is 2.91. The van der Waals surface area contributed by atoms with E-state index in [1.54, 1.807) is 0 Å². The van der Waals surface area contributed by atoms with Crippen LogP contribution in [0.3, 0.4) is 0 Å². The highest BCUT2D eigenvalue weighted by molar-refractivity contribution is 5.13. The Morgan fingerprint density at radius 1 is 0.933 bits per heavy atom. The minimum absolute atomic E-state index is 0.700. The monoisotopic (exact) mass is 210 g/mol. The summed E-state index contributed by atoms with van der Waals surface area (Å²) in [4.78, 5) is 0. The number of hydrogen-bond donors (Lipinski definition) is 0. The molecule has 0 unspecified atom stereocenters. The second-order valence-electron chi connectivity index (χ2n) is 4.59. The molecule has 0 heterocycles. The topological polar surface area (TPSA) is 18.5 Å². The summed E-state index contributed by atoms with van der Waals surface area (Å²) in [6.45, 7) is 7.64. The van der Waals surface area contributed by atoms with Crippen molar-refractivity contribution in [2.45, 2.75) is 20.3 Å². The van der Waals surface area contributed by atoms with E-state index < -0.39 is 0 Å². The Labute approximate surface area is 92.6 Å². The molecule has 2 aliphatic rings. The van der Waals surface area contributed by atoms with Gasteiger partial charge in [0.15, 0.2) is 0 Å². The Morgan fingerprint density at radius 2 is 1.40 bits per heavy atom. The lowest BCUT2D eigenvalue weighted by molar-refractivity contribution is 0.0353. The molecule has 0 amide bonds. The predicted octanol–water partition coefficient (Wildman–Crippen LogP) is 2.50. The number of fused-ring (bicyclic) bond motifs is 2. The first-order valence-electron chi connectivity index (χ1n) is 6.20. The maximum absolute atomic E-state index is 5.59. The van der Waals surface area contributed by atoms with Crippen molar-refractivity contribution in [2.75, 3.05) is 26.4 Å². The van der Waals surface area contributed by atoms with Gasteiger partial charge >= 0.3 is 0 Å². The summed E-state index contributed by atoms with van der Waals surface area (Å²) in [5, 5.41) is 0. The molecule has 0 aliphatic heterocycles.